The lowest BCUT2D eigenvalue weighted by molar-refractivity contribution is -0.129. The number of pyridine rings is 2. The topological polar surface area (TPSA) is 124 Å². The molecule has 3 atom stereocenters. The van der Waals surface area contributed by atoms with E-state index >= 15 is 0 Å². The lowest BCUT2D eigenvalue weighted by Crippen LogP contribution is -2.33. The molecule has 1 aliphatic carbocycles. The molecule has 1 saturated heterocycles. The lowest BCUT2D eigenvalue weighted by Gasteiger charge is -2.21. The molecule has 5 heterocycles. The molecule has 4 aromatic heterocycles. The summed E-state index contributed by atoms with van der Waals surface area (Å²) < 4.78 is 3.50. The SMILES string of the molecule is Cn1cc(-c2cc(-c3ccc(N4CC5C(CNC(=O)C(O)c6ccccc6)C5C4)nc3)c3c(C#N)cnn3c2)cn1. The van der Waals surface area contributed by atoms with Gasteiger partial charge in [0.1, 0.15) is 11.9 Å². The minimum atomic E-state index is -1.15. The summed E-state index contributed by atoms with van der Waals surface area (Å²) in [5.41, 5.74) is 5.57. The molecule has 1 aliphatic heterocycles. The molecule has 3 unspecified atom stereocenters. The molecule has 2 fully saturated rings. The molecule has 2 aliphatic rings. The van der Waals surface area contributed by atoms with Crippen LogP contribution in [0.2, 0.25) is 0 Å². The van der Waals surface area contributed by atoms with Crippen molar-refractivity contribution in [3.05, 3.63) is 90.6 Å². The smallest absolute Gasteiger partial charge is 0.253 e. The van der Waals surface area contributed by atoms with Gasteiger partial charge in [-0.2, -0.15) is 15.5 Å². The number of nitriles is 1. The zero-order chi connectivity index (χ0) is 28.1. The van der Waals surface area contributed by atoms with E-state index in [-0.39, 0.29) is 5.91 Å². The number of nitrogens with one attached hydrogen (secondary N) is 1. The fourth-order valence-electron chi connectivity index (χ4n) is 6.13. The number of benzene rings is 1. The van der Waals surface area contributed by atoms with Crippen molar-refractivity contribution in [2.75, 3.05) is 24.5 Å². The van der Waals surface area contributed by atoms with Crippen molar-refractivity contribution >= 4 is 17.2 Å². The molecule has 204 valence electrons. The normalized spacial score (nSPS) is 20.0. The van der Waals surface area contributed by atoms with E-state index in [0.29, 0.717) is 35.4 Å². The predicted molar refractivity (Wildman–Crippen MR) is 152 cm³/mol. The largest absolute Gasteiger partial charge is 0.378 e. The Hall–Kier alpha value is -5.01. The van der Waals surface area contributed by atoms with Crippen LogP contribution in [0.15, 0.2) is 79.5 Å². The van der Waals surface area contributed by atoms with Crippen LogP contribution in [-0.2, 0) is 11.8 Å². The Morgan fingerprint density at radius 2 is 1.85 bits per heavy atom. The van der Waals surface area contributed by atoms with E-state index < -0.39 is 6.10 Å². The number of fused-ring (bicyclic) bond motifs is 2. The van der Waals surface area contributed by atoms with Gasteiger partial charge in [-0.05, 0) is 41.5 Å². The van der Waals surface area contributed by atoms with E-state index in [4.69, 9.17) is 4.98 Å². The molecular formula is C31H28N8O2. The van der Waals surface area contributed by atoms with Gasteiger partial charge in [0.25, 0.3) is 5.91 Å². The average molecular weight is 545 g/mol. The van der Waals surface area contributed by atoms with E-state index in [1.165, 1.54) is 0 Å². The molecule has 10 nitrogen and oxygen atoms in total. The minimum Gasteiger partial charge on any atom is -0.378 e. The third-order valence-electron chi connectivity index (χ3n) is 8.40. The summed E-state index contributed by atoms with van der Waals surface area (Å²) >= 11 is 0. The van der Waals surface area contributed by atoms with Crippen LogP contribution in [0.25, 0.3) is 27.8 Å². The first kappa shape index (κ1) is 25.0. The molecular weight excluding hydrogens is 516 g/mol. The van der Waals surface area contributed by atoms with E-state index in [0.717, 1.165) is 46.7 Å². The molecule has 0 radical (unpaired) electrons. The summed E-state index contributed by atoms with van der Waals surface area (Å²) in [5.74, 6) is 2.00. The van der Waals surface area contributed by atoms with Crippen molar-refractivity contribution in [1.29, 1.82) is 5.26 Å². The molecule has 10 heteroatoms. The Kier molecular flexibility index (Phi) is 6.02. The molecule has 1 saturated carbocycles. The average Bonchev–Trinajstić information content (AvgIpc) is 3.44. The molecule has 41 heavy (non-hydrogen) atoms. The number of nitrogens with zero attached hydrogens (tertiary/aromatic N) is 7. The van der Waals surface area contributed by atoms with Gasteiger partial charge in [0, 0.05) is 67.5 Å². The number of aliphatic hydroxyl groups excluding tert-OH is 1. The zero-order valence-corrected chi connectivity index (χ0v) is 22.4. The van der Waals surface area contributed by atoms with Gasteiger partial charge in [0.2, 0.25) is 0 Å². The van der Waals surface area contributed by atoms with Crippen molar-refractivity contribution in [1.82, 2.24) is 29.7 Å². The molecule has 1 aromatic carbocycles. The van der Waals surface area contributed by atoms with Crippen molar-refractivity contribution in [2.45, 2.75) is 6.10 Å². The van der Waals surface area contributed by atoms with Crippen LogP contribution in [0, 0.1) is 29.1 Å². The fraction of sp³-hybridized carbons (Fsp3) is 0.258. The van der Waals surface area contributed by atoms with Gasteiger partial charge in [0.05, 0.1) is 23.5 Å². The molecule has 0 spiro atoms. The quantitative estimate of drug-likeness (QED) is 0.322. The van der Waals surface area contributed by atoms with Crippen LogP contribution in [0.1, 0.15) is 17.2 Å². The number of hydrogen-bond acceptors (Lipinski definition) is 7. The van der Waals surface area contributed by atoms with E-state index in [9.17, 15) is 15.2 Å². The number of amides is 1. The van der Waals surface area contributed by atoms with Gasteiger partial charge in [-0.15, -0.1) is 0 Å². The number of hydrogen-bond donors (Lipinski definition) is 2. The van der Waals surface area contributed by atoms with Gasteiger partial charge in [-0.3, -0.25) is 9.48 Å². The second kappa shape index (κ2) is 9.87. The minimum absolute atomic E-state index is 0.352. The zero-order valence-electron chi connectivity index (χ0n) is 22.4. The third kappa shape index (κ3) is 4.50. The van der Waals surface area contributed by atoms with E-state index in [1.807, 2.05) is 62.2 Å². The van der Waals surface area contributed by atoms with Crippen LogP contribution in [0.4, 0.5) is 5.82 Å². The van der Waals surface area contributed by atoms with E-state index in [2.05, 4.69) is 32.5 Å². The summed E-state index contributed by atoms with van der Waals surface area (Å²) in [4.78, 5) is 19.5. The fourth-order valence-corrected chi connectivity index (χ4v) is 6.13. The summed E-state index contributed by atoms with van der Waals surface area (Å²) in [7, 11) is 1.88. The maximum absolute atomic E-state index is 12.4. The Bertz CT molecular complexity index is 1770. The van der Waals surface area contributed by atoms with Crippen molar-refractivity contribution in [3.63, 3.8) is 0 Å². The molecule has 1 amide bonds. The van der Waals surface area contributed by atoms with Crippen molar-refractivity contribution < 1.29 is 9.90 Å². The van der Waals surface area contributed by atoms with Crippen LogP contribution < -0.4 is 10.2 Å². The van der Waals surface area contributed by atoms with Crippen molar-refractivity contribution in [2.24, 2.45) is 24.8 Å². The Labute approximate surface area is 236 Å². The van der Waals surface area contributed by atoms with Gasteiger partial charge in [-0.1, -0.05) is 30.3 Å². The van der Waals surface area contributed by atoms with Crippen molar-refractivity contribution in [3.8, 4) is 28.3 Å². The van der Waals surface area contributed by atoms with E-state index in [1.54, 1.807) is 27.5 Å². The molecule has 7 rings (SSSR count). The lowest BCUT2D eigenvalue weighted by atomic mass is 10.0. The summed E-state index contributed by atoms with van der Waals surface area (Å²) in [6, 6.07) is 17.4. The second-order valence-electron chi connectivity index (χ2n) is 10.9. The highest BCUT2D eigenvalue weighted by Gasteiger charge is 2.55. The second-order valence-corrected chi connectivity index (χ2v) is 10.9. The number of rotatable bonds is 7. The number of aryl methyl sites for hydroxylation is 1. The first-order valence-electron chi connectivity index (χ1n) is 13.6. The van der Waals surface area contributed by atoms with Gasteiger partial charge >= 0.3 is 0 Å². The first-order valence-corrected chi connectivity index (χ1v) is 13.6. The highest BCUT2D eigenvalue weighted by atomic mass is 16.3. The molecule has 2 N–H and O–H groups in total. The monoisotopic (exact) mass is 544 g/mol. The number of aromatic nitrogens is 5. The molecule has 5 aromatic rings. The third-order valence-corrected chi connectivity index (χ3v) is 8.40. The van der Waals surface area contributed by atoms with Gasteiger partial charge in [0.15, 0.2) is 6.10 Å². The number of anilines is 1. The van der Waals surface area contributed by atoms with Crippen LogP contribution in [-0.4, -0.2) is 55.0 Å². The van der Waals surface area contributed by atoms with Crippen LogP contribution >= 0.6 is 0 Å². The Morgan fingerprint density at radius 3 is 2.54 bits per heavy atom. The standard InChI is InChI=1S/C31H28N8O2/c1-37-15-23(13-35-37)21-9-24(29-22(10-32)12-36-39(29)16-21)20-7-8-28(33-11-20)38-17-26-25(27(26)18-38)14-34-31(41)30(40)19-5-3-2-4-6-19/h2-9,11-13,15-16,25-27,30,40H,14,17-18H2,1H3,(H,34,41). The summed E-state index contributed by atoms with van der Waals surface area (Å²) in [6.45, 7) is 2.36. The maximum Gasteiger partial charge on any atom is 0.253 e. The van der Waals surface area contributed by atoms with Gasteiger partial charge in [-0.25, -0.2) is 9.50 Å². The number of piperidine rings is 1. The summed E-state index contributed by atoms with van der Waals surface area (Å²) in [6.07, 6.45) is 7.97. The maximum atomic E-state index is 12.4. The number of carbonyl (C=O) groups excluding carboxylic acids is 1. The first-order chi connectivity index (χ1) is 20.0. The van der Waals surface area contributed by atoms with Crippen LogP contribution in [0.5, 0.6) is 0 Å². The Balaban J connectivity index is 1.03. The highest BCUT2D eigenvalue weighted by molar-refractivity contribution is 5.87. The Morgan fingerprint density at radius 1 is 1.05 bits per heavy atom. The number of aliphatic hydroxyl groups is 1. The number of carbonyl (C=O) groups is 1. The van der Waals surface area contributed by atoms with Crippen LogP contribution in [0.3, 0.4) is 0 Å². The summed E-state index contributed by atoms with van der Waals surface area (Å²) in [5, 5.41) is 31.7. The van der Waals surface area contributed by atoms with Gasteiger partial charge < -0.3 is 15.3 Å². The molecule has 0 bridgehead atoms. The predicted octanol–water partition coefficient (Wildman–Crippen LogP) is 3.20. The highest BCUT2D eigenvalue weighted by Crippen LogP contribution is 2.52.